The highest BCUT2D eigenvalue weighted by atomic mass is 35.5. The Morgan fingerprint density at radius 1 is 1.36 bits per heavy atom. The minimum atomic E-state index is -0.0757. The number of rotatable bonds is 0. The van der Waals surface area contributed by atoms with E-state index in [4.69, 9.17) is 16.7 Å². The van der Waals surface area contributed by atoms with Gasteiger partial charge in [-0.25, -0.2) is 0 Å². The van der Waals surface area contributed by atoms with Crippen LogP contribution in [0.1, 0.15) is 25.7 Å². The molecule has 2 heteroatoms. The molecular formula is C9H11ClO. The molecule has 0 fully saturated rings. The second kappa shape index (κ2) is 4.43. The van der Waals surface area contributed by atoms with Gasteiger partial charge in [0.05, 0.1) is 0 Å². The first-order valence-corrected chi connectivity index (χ1v) is 4.19. The Balaban J connectivity index is 2.66. The molecule has 0 saturated carbocycles. The van der Waals surface area contributed by atoms with Gasteiger partial charge in [-0.3, -0.25) is 0 Å². The Morgan fingerprint density at radius 3 is 2.73 bits per heavy atom. The molecule has 11 heavy (non-hydrogen) atoms. The average molecular weight is 171 g/mol. The minimum absolute atomic E-state index is 0.0757. The first-order valence-electron chi connectivity index (χ1n) is 3.82. The van der Waals surface area contributed by atoms with Gasteiger partial charge in [0.25, 0.3) is 0 Å². The molecule has 0 bridgehead atoms. The standard InChI is InChI=1S/C9H11ClO/c10-9-6-2-1-4-8(9)5-3-7-11/h11H,1-2,4,6-7H2. The molecule has 0 aliphatic heterocycles. The summed E-state index contributed by atoms with van der Waals surface area (Å²) in [7, 11) is 0. The third-order valence-corrected chi connectivity index (χ3v) is 2.14. The molecule has 1 aliphatic carbocycles. The van der Waals surface area contributed by atoms with Gasteiger partial charge in [0.1, 0.15) is 6.61 Å². The van der Waals surface area contributed by atoms with Gasteiger partial charge in [0, 0.05) is 10.6 Å². The van der Waals surface area contributed by atoms with Gasteiger partial charge in [-0.05, 0) is 25.7 Å². The van der Waals surface area contributed by atoms with E-state index in [0.717, 1.165) is 23.4 Å². The fraction of sp³-hybridized carbons (Fsp3) is 0.556. The van der Waals surface area contributed by atoms with Gasteiger partial charge in [0.2, 0.25) is 0 Å². The van der Waals surface area contributed by atoms with Crippen molar-refractivity contribution in [3.63, 3.8) is 0 Å². The van der Waals surface area contributed by atoms with E-state index in [0.29, 0.717) is 0 Å². The van der Waals surface area contributed by atoms with E-state index < -0.39 is 0 Å². The van der Waals surface area contributed by atoms with Crippen LogP contribution in [-0.4, -0.2) is 11.7 Å². The Kier molecular flexibility index (Phi) is 3.48. The summed E-state index contributed by atoms with van der Waals surface area (Å²) >= 11 is 5.91. The van der Waals surface area contributed by atoms with E-state index in [1.54, 1.807) is 0 Å². The third kappa shape index (κ3) is 2.57. The maximum Gasteiger partial charge on any atom is 0.104 e. The van der Waals surface area contributed by atoms with Crippen LogP contribution in [0.4, 0.5) is 0 Å². The summed E-state index contributed by atoms with van der Waals surface area (Å²) in [6.07, 6.45) is 4.28. The van der Waals surface area contributed by atoms with Gasteiger partial charge < -0.3 is 5.11 Å². The van der Waals surface area contributed by atoms with Crippen LogP contribution < -0.4 is 0 Å². The van der Waals surface area contributed by atoms with E-state index >= 15 is 0 Å². The zero-order valence-corrected chi connectivity index (χ0v) is 7.12. The van der Waals surface area contributed by atoms with Crippen molar-refractivity contribution in [2.75, 3.05) is 6.61 Å². The van der Waals surface area contributed by atoms with E-state index in [1.807, 2.05) is 0 Å². The third-order valence-electron chi connectivity index (χ3n) is 1.72. The molecule has 1 nitrogen and oxygen atoms in total. The van der Waals surface area contributed by atoms with Gasteiger partial charge in [-0.2, -0.15) is 0 Å². The summed E-state index contributed by atoms with van der Waals surface area (Å²) in [6.45, 7) is -0.0757. The van der Waals surface area contributed by atoms with Crippen molar-refractivity contribution in [2.24, 2.45) is 0 Å². The highest BCUT2D eigenvalue weighted by Crippen LogP contribution is 2.26. The monoisotopic (exact) mass is 170 g/mol. The molecule has 0 radical (unpaired) electrons. The molecule has 0 atom stereocenters. The van der Waals surface area contributed by atoms with Gasteiger partial charge >= 0.3 is 0 Å². The van der Waals surface area contributed by atoms with Crippen molar-refractivity contribution in [1.82, 2.24) is 0 Å². The van der Waals surface area contributed by atoms with E-state index in [2.05, 4.69) is 11.8 Å². The van der Waals surface area contributed by atoms with Crippen LogP contribution in [0.5, 0.6) is 0 Å². The molecule has 0 amide bonds. The SMILES string of the molecule is OCC#CC1=C(Cl)CCCC1. The second-order valence-corrected chi connectivity index (χ2v) is 3.01. The van der Waals surface area contributed by atoms with Crippen molar-refractivity contribution < 1.29 is 5.11 Å². The van der Waals surface area contributed by atoms with Crippen molar-refractivity contribution in [2.45, 2.75) is 25.7 Å². The maximum atomic E-state index is 8.44. The van der Waals surface area contributed by atoms with E-state index in [-0.39, 0.29) is 6.61 Å². The fourth-order valence-corrected chi connectivity index (χ4v) is 1.42. The highest BCUT2D eigenvalue weighted by Gasteiger charge is 2.07. The van der Waals surface area contributed by atoms with Crippen molar-refractivity contribution in [3.05, 3.63) is 10.6 Å². The molecule has 1 aliphatic rings. The summed E-state index contributed by atoms with van der Waals surface area (Å²) in [5.74, 6) is 5.48. The Bertz CT molecular complexity index is 219. The summed E-state index contributed by atoms with van der Waals surface area (Å²) < 4.78 is 0. The van der Waals surface area contributed by atoms with Crippen LogP contribution in [-0.2, 0) is 0 Å². The number of hydrogen-bond donors (Lipinski definition) is 1. The highest BCUT2D eigenvalue weighted by molar-refractivity contribution is 6.30. The Labute approximate surface area is 72.1 Å². The van der Waals surface area contributed by atoms with Gasteiger partial charge in [-0.15, -0.1) is 0 Å². The number of allylic oxidation sites excluding steroid dienone is 2. The van der Waals surface area contributed by atoms with Crippen molar-refractivity contribution >= 4 is 11.6 Å². The molecule has 0 aromatic heterocycles. The first kappa shape index (κ1) is 8.64. The largest absolute Gasteiger partial charge is 0.384 e. The quantitative estimate of drug-likeness (QED) is 0.552. The fourth-order valence-electron chi connectivity index (χ4n) is 1.15. The number of hydrogen-bond acceptors (Lipinski definition) is 1. The summed E-state index contributed by atoms with van der Waals surface area (Å²) in [5, 5.41) is 9.33. The number of aliphatic hydroxyl groups is 1. The first-order chi connectivity index (χ1) is 5.34. The predicted octanol–water partition coefficient (Wildman–Crippen LogP) is 2.05. The lowest BCUT2D eigenvalue weighted by atomic mass is 10.00. The second-order valence-electron chi connectivity index (χ2n) is 2.55. The normalized spacial score (nSPS) is 17.6. The average Bonchev–Trinajstić information content (AvgIpc) is 2.03. The molecule has 0 aromatic rings. The zero-order chi connectivity index (χ0) is 8.10. The summed E-state index contributed by atoms with van der Waals surface area (Å²) in [5.41, 5.74) is 1.02. The van der Waals surface area contributed by atoms with Crippen LogP contribution in [0, 0.1) is 11.8 Å². The molecule has 1 N–H and O–H groups in total. The molecule has 0 saturated heterocycles. The molecule has 0 heterocycles. The predicted molar refractivity (Wildman–Crippen MR) is 46.2 cm³/mol. The van der Waals surface area contributed by atoms with Crippen molar-refractivity contribution in [1.29, 1.82) is 0 Å². The molecular weight excluding hydrogens is 160 g/mol. The van der Waals surface area contributed by atoms with Crippen LogP contribution in [0.15, 0.2) is 10.6 Å². The Morgan fingerprint density at radius 2 is 2.09 bits per heavy atom. The Hall–Kier alpha value is -0.450. The lowest BCUT2D eigenvalue weighted by Gasteiger charge is -2.10. The minimum Gasteiger partial charge on any atom is -0.384 e. The topological polar surface area (TPSA) is 20.2 Å². The van der Waals surface area contributed by atoms with Crippen molar-refractivity contribution in [3.8, 4) is 11.8 Å². The van der Waals surface area contributed by atoms with Crippen LogP contribution >= 0.6 is 11.6 Å². The maximum absolute atomic E-state index is 8.44. The van der Waals surface area contributed by atoms with E-state index in [9.17, 15) is 0 Å². The lowest BCUT2D eigenvalue weighted by molar-refractivity contribution is 0.350. The van der Waals surface area contributed by atoms with E-state index in [1.165, 1.54) is 12.8 Å². The van der Waals surface area contributed by atoms with Crippen LogP contribution in [0.25, 0.3) is 0 Å². The molecule has 0 spiro atoms. The molecule has 60 valence electrons. The van der Waals surface area contributed by atoms with Crippen LogP contribution in [0.2, 0.25) is 0 Å². The zero-order valence-electron chi connectivity index (χ0n) is 6.36. The molecule has 0 unspecified atom stereocenters. The number of aliphatic hydroxyl groups excluding tert-OH is 1. The van der Waals surface area contributed by atoms with Gasteiger partial charge in [0.15, 0.2) is 0 Å². The summed E-state index contributed by atoms with van der Waals surface area (Å²) in [4.78, 5) is 0. The molecule has 1 rings (SSSR count). The van der Waals surface area contributed by atoms with Gasteiger partial charge in [-0.1, -0.05) is 23.4 Å². The smallest absolute Gasteiger partial charge is 0.104 e. The summed E-state index contributed by atoms with van der Waals surface area (Å²) in [6, 6.07) is 0. The van der Waals surface area contributed by atoms with Crippen LogP contribution in [0.3, 0.4) is 0 Å². The lowest BCUT2D eigenvalue weighted by Crippen LogP contribution is -1.93. The molecule has 0 aromatic carbocycles. The number of halogens is 1.